The molecule has 0 aromatic carbocycles. The molecule has 0 aliphatic carbocycles. The van der Waals surface area contributed by atoms with Crippen LogP contribution in [0.2, 0.25) is 0 Å². The van der Waals surface area contributed by atoms with Gasteiger partial charge in [-0.05, 0) is 25.3 Å². The highest BCUT2D eigenvalue weighted by Gasteiger charge is 2.32. The first-order chi connectivity index (χ1) is 9.08. The monoisotopic (exact) mass is 276 g/mol. The summed E-state index contributed by atoms with van der Waals surface area (Å²) in [7, 11) is 0. The van der Waals surface area contributed by atoms with Crippen LogP contribution < -0.4 is 5.73 Å². The van der Waals surface area contributed by atoms with Crippen molar-refractivity contribution in [1.82, 2.24) is 15.1 Å². The zero-order valence-corrected chi connectivity index (χ0v) is 11.8. The number of hydrogen-bond acceptors (Lipinski definition) is 5. The van der Waals surface area contributed by atoms with Gasteiger partial charge in [-0.2, -0.15) is 5.10 Å². The van der Waals surface area contributed by atoms with Crippen LogP contribution >= 0.6 is 11.3 Å². The molecule has 3 heterocycles. The SMILES string of the molecule is CC1CC(C)N(C(=O)c2sc3nnccc3c2N)C1. The predicted molar refractivity (Wildman–Crippen MR) is 76.1 cm³/mol. The summed E-state index contributed by atoms with van der Waals surface area (Å²) < 4.78 is 0. The van der Waals surface area contributed by atoms with Crippen molar-refractivity contribution in [3.63, 3.8) is 0 Å². The topological polar surface area (TPSA) is 72.1 Å². The molecule has 2 aromatic rings. The van der Waals surface area contributed by atoms with Crippen molar-refractivity contribution >= 4 is 33.1 Å². The predicted octanol–water partition coefficient (Wildman–Crippen LogP) is 2.14. The van der Waals surface area contributed by atoms with Gasteiger partial charge in [0.25, 0.3) is 5.91 Å². The van der Waals surface area contributed by atoms with E-state index in [1.54, 1.807) is 12.3 Å². The number of thiophene rings is 1. The van der Waals surface area contributed by atoms with Gasteiger partial charge in [-0.25, -0.2) is 0 Å². The molecule has 3 rings (SSSR count). The fourth-order valence-electron chi connectivity index (χ4n) is 2.75. The van der Waals surface area contributed by atoms with Crippen molar-refractivity contribution in [3.05, 3.63) is 17.1 Å². The Bertz CT molecular complexity index is 639. The fraction of sp³-hybridized carbons (Fsp3) is 0.462. The van der Waals surface area contributed by atoms with Gasteiger partial charge in [-0.15, -0.1) is 16.4 Å². The van der Waals surface area contributed by atoms with E-state index in [4.69, 9.17) is 5.73 Å². The first-order valence-corrected chi connectivity index (χ1v) is 7.20. The molecule has 0 saturated carbocycles. The largest absolute Gasteiger partial charge is 0.397 e. The molecule has 1 saturated heterocycles. The van der Waals surface area contributed by atoms with Crippen LogP contribution in [0.15, 0.2) is 12.3 Å². The van der Waals surface area contributed by atoms with Crippen LogP contribution in [0.1, 0.15) is 29.9 Å². The average Bonchev–Trinajstić information content (AvgIpc) is 2.90. The third-order valence-electron chi connectivity index (χ3n) is 3.66. The quantitative estimate of drug-likeness (QED) is 0.866. The smallest absolute Gasteiger partial charge is 0.266 e. The Labute approximate surface area is 115 Å². The molecule has 0 spiro atoms. The Morgan fingerprint density at radius 2 is 2.32 bits per heavy atom. The average molecular weight is 276 g/mol. The number of likely N-dealkylation sites (tertiary alicyclic amines) is 1. The summed E-state index contributed by atoms with van der Waals surface area (Å²) in [4.78, 5) is 15.8. The van der Waals surface area contributed by atoms with Crippen LogP contribution in [0, 0.1) is 5.92 Å². The van der Waals surface area contributed by atoms with Crippen molar-refractivity contribution in [2.24, 2.45) is 5.92 Å². The zero-order valence-electron chi connectivity index (χ0n) is 11.0. The highest BCUT2D eigenvalue weighted by atomic mass is 32.1. The number of fused-ring (bicyclic) bond motifs is 1. The van der Waals surface area contributed by atoms with Crippen LogP contribution in [-0.2, 0) is 0 Å². The second kappa shape index (κ2) is 4.45. The molecule has 1 amide bonds. The number of rotatable bonds is 1. The summed E-state index contributed by atoms with van der Waals surface area (Å²) in [5.41, 5.74) is 6.62. The van der Waals surface area contributed by atoms with Crippen molar-refractivity contribution in [2.75, 3.05) is 12.3 Å². The maximum absolute atomic E-state index is 12.6. The summed E-state index contributed by atoms with van der Waals surface area (Å²) in [5.74, 6) is 0.576. The third-order valence-corrected chi connectivity index (χ3v) is 4.75. The fourth-order valence-corrected chi connectivity index (χ4v) is 3.74. The van der Waals surface area contributed by atoms with E-state index in [0.717, 1.165) is 23.2 Å². The minimum Gasteiger partial charge on any atom is -0.397 e. The van der Waals surface area contributed by atoms with E-state index >= 15 is 0 Å². The van der Waals surface area contributed by atoms with Gasteiger partial charge in [-0.3, -0.25) is 4.79 Å². The highest BCUT2D eigenvalue weighted by molar-refractivity contribution is 7.21. The first-order valence-electron chi connectivity index (χ1n) is 6.38. The van der Waals surface area contributed by atoms with E-state index in [1.165, 1.54) is 11.3 Å². The Kier molecular flexibility index (Phi) is 2.89. The molecule has 2 atom stereocenters. The number of nitrogens with two attached hydrogens (primary N) is 1. The number of amides is 1. The van der Waals surface area contributed by atoms with E-state index in [-0.39, 0.29) is 11.9 Å². The maximum atomic E-state index is 12.6. The van der Waals surface area contributed by atoms with Gasteiger partial charge < -0.3 is 10.6 Å². The molecule has 0 bridgehead atoms. The highest BCUT2D eigenvalue weighted by Crippen LogP contribution is 2.34. The van der Waals surface area contributed by atoms with Crippen LogP contribution in [0.4, 0.5) is 5.69 Å². The number of carbonyl (C=O) groups excluding carboxylic acids is 1. The van der Waals surface area contributed by atoms with E-state index in [0.29, 0.717) is 16.5 Å². The molecular formula is C13H16N4OS. The van der Waals surface area contributed by atoms with Crippen LogP contribution in [-0.4, -0.2) is 33.6 Å². The standard InChI is InChI=1S/C13H16N4OS/c1-7-5-8(2)17(6-7)13(18)11-10(14)9-3-4-15-16-12(9)19-11/h3-4,7-8H,5-6,14H2,1-2H3. The molecule has 2 unspecified atom stereocenters. The molecule has 1 fully saturated rings. The van der Waals surface area contributed by atoms with Crippen LogP contribution in [0.3, 0.4) is 0 Å². The molecular weight excluding hydrogens is 260 g/mol. The van der Waals surface area contributed by atoms with Crippen LogP contribution in [0.5, 0.6) is 0 Å². The Morgan fingerprint density at radius 1 is 1.53 bits per heavy atom. The molecule has 19 heavy (non-hydrogen) atoms. The van der Waals surface area contributed by atoms with Crippen molar-refractivity contribution in [2.45, 2.75) is 26.3 Å². The molecule has 2 N–H and O–H groups in total. The molecule has 2 aromatic heterocycles. The molecule has 1 aliphatic heterocycles. The Morgan fingerprint density at radius 3 is 2.95 bits per heavy atom. The number of nitrogen functional groups attached to an aromatic ring is 1. The van der Waals surface area contributed by atoms with E-state index in [2.05, 4.69) is 24.0 Å². The van der Waals surface area contributed by atoms with Gasteiger partial charge in [0.15, 0.2) is 0 Å². The molecule has 0 radical (unpaired) electrons. The Hall–Kier alpha value is -1.69. The van der Waals surface area contributed by atoms with Gasteiger partial charge in [0, 0.05) is 18.0 Å². The second-order valence-electron chi connectivity index (χ2n) is 5.24. The van der Waals surface area contributed by atoms with Gasteiger partial charge in [0.1, 0.15) is 9.71 Å². The lowest BCUT2D eigenvalue weighted by Crippen LogP contribution is -2.33. The summed E-state index contributed by atoms with van der Waals surface area (Å²) in [6.07, 6.45) is 2.65. The summed E-state index contributed by atoms with van der Waals surface area (Å²) >= 11 is 1.33. The molecule has 5 nitrogen and oxygen atoms in total. The maximum Gasteiger partial charge on any atom is 0.266 e. The normalized spacial score (nSPS) is 23.2. The summed E-state index contributed by atoms with van der Waals surface area (Å²) in [6.45, 7) is 5.06. The van der Waals surface area contributed by atoms with Crippen molar-refractivity contribution < 1.29 is 4.79 Å². The van der Waals surface area contributed by atoms with E-state index in [9.17, 15) is 4.79 Å². The minimum atomic E-state index is 0.0253. The lowest BCUT2D eigenvalue weighted by atomic mass is 10.1. The second-order valence-corrected chi connectivity index (χ2v) is 6.24. The number of carbonyl (C=O) groups is 1. The summed E-state index contributed by atoms with van der Waals surface area (Å²) in [5, 5.41) is 8.68. The van der Waals surface area contributed by atoms with Gasteiger partial charge >= 0.3 is 0 Å². The Balaban J connectivity index is 2.00. The molecule has 100 valence electrons. The van der Waals surface area contributed by atoms with E-state index in [1.807, 2.05) is 4.90 Å². The number of hydrogen-bond donors (Lipinski definition) is 1. The van der Waals surface area contributed by atoms with Gasteiger partial charge in [0.2, 0.25) is 0 Å². The summed E-state index contributed by atoms with van der Waals surface area (Å²) in [6, 6.07) is 2.08. The van der Waals surface area contributed by atoms with Crippen molar-refractivity contribution in [1.29, 1.82) is 0 Å². The lowest BCUT2D eigenvalue weighted by molar-refractivity contribution is 0.0749. The lowest BCUT2D eigenvalue weighted by Gasteiger charge is -2.20. The first kappa shape index (κ1) is 12.3. The zero-order chi connectivity index (χ0) is 13.6. The van der Waals surface area contributed by atoms with Crippen LogP contribution in [0.25, 0.3) is 10.2 Å². The van der Waals surface area contributed by atoms with Crippen molar-refractivity contribution in [3.8, 4) is 0 Å². The van der Waals surface area contributed by atoms with E-state index < -0.39 is 0 Å². The number of anilines is 1. The third kappa shape index (κ3) is 1.96. The minimum absolute atomic E-state index is 0.0253. The number of aromatic nitrogens is 2. The molecule has 6 heteroatoms. The molecule has 1 aliphatic rings. The van der Waals surface area contributed by atoms with Gasteiger partial charge in [-0.1, -0.05) is 6.92 Å². The van der Waals surface area contributed by atoms with Gasteiger partial charge in [0.05, 0.1) is 11.9 Å². The number of nitrogens with zero attached hydrogens (tertiary/aromatic N) is 3.